The van der Waals surface area contributed by atoms with Gasteiger partial charge in [0, 0.05) is 18.5 Å². The van der Waals surface area contributed by atoms with Gasteiger partial charge in [-0.2, -0.15) is 0 Å². The number of fused-ring (bicyclic) bond motifs is 1. The topological polar surface area (TPSA) is 58.1 Å². The van der Waals surface area contributed by atoms with Gasteiger partial charge in [-0.25, -0.2) is 4.79 Å². The minimum Gasteiger partial charge on any atom is -0.331 e. The monoisotopic (exact) mass is 332 g/mol. The normalized spacial score (nSPS) is 35.4. The first-order valence-corrected chi connectivity index (χ1v) is 9.93. The van der Waals surface area contributed by atoms with E-state index in [4.69, 9.17) is 0 Å². The molecule has 1 aromatic heterocycles. The van der Waals surface area contributed by atoms with Crippen LogP contribution in [-0.2, 0) is 6.54 Å². The number of carbonyl (C=O) groups excluding carboxylic acids is 1. The fourth-order valence-electron chi connectivity index (χ4n) is 5.12. The summed E-state index contributed by atoms with van der Waals surface area (Å²) in [6, 6.07) is 0.592. The Labute approximate surface area is 140 Å². The minimum absolute atomic E-state index is 0.117. The molecule has 5 aliphatic rings. The Morgan fingerprint density at radius 3 is 2.57 bits per heavy atom. The quantitative estimate of drug-likeness (QED) is 0.925. The number of amides is 2. The van der Waals surface area contributed by atoms with Crippen molar-refractivity contribution in [3.63, 3.8) is 0 Å². The summed E-state index contributed by atoms with van der Waals surface area (Å²) in [5, 5.41) is 13.7. The number of urea groups is 1. The molecule has 23 heavy (non-hydrogen) atoms. The molecule has 0 radical (unpaired) electrons. The fraction of sp³-hybridized carbons (Fsp3) is 0.824. The smallest absolute Gasteiger partial charge is 0.318 e. The van der Waals surface area contributed by atoms with Crippen molar-refractivity contribution in [3.05, 3.63) is 10.0 Å². The summed E-state index contributed by atoms with van der Waals surface area (Å²) in [6.07, 6.45) is 9.06. The van der Waals surface area contributed by atoms with Crippen molar-refractivity contribution in [2.75, 3.05) is 6.54 Å². The Morgan fingerprint density at radius 2 is 1.83 bits per heavy atom. The van der Waals surface area contributed by atoms with Gasteiger partial charge in [0.05, 0.1) is 6.54 Å². The zero-order valence-corrected chi connectivity index (χ0v) is 14.2. The number of nitrogens with one attached hydrogen (secondary N) is 1. The van der Waals surface area contributed by atoms with Gasteiger partial charge in [0.25, 0.3) is 0 Å². The Balaban J connectivity index is 1.23. The Morgan fingerprint density at radius 1 is 1.09 bits per heavy atom. The van der Waals surface area contributed by atoms with Crippen LogP contribution in [0.5, 0.6) is 0 Å². The predicted octanol–water partition coefficient (Wildman–Crippen LogP) is 3.14. The van der Waals surface area contributed by atoms with Crippen LogP contribution in [0.4, 0.5) is 4.79 Å². The van der Waals surface area contributed by atoms with Gasteiger partial charge in [0.1, 0.15) is 10.0 Å². The van der Waals surface area contributed by atoms with E-state index in [1.165, 1.54) is 44.9 Å². The molecule has 1 N–H and O–H groups in total. The summed E-state index contributed by atoms with van der Waals surface area (Å²) in [7, 11) is 0. The zero-order chi connectivity index (χ0) is 15.4. The lowest BCUT2D eigenvalue weighted by molar-refractivity contribution is 0.131. The van der Waals surface area contributed by atoms with Crippen LogP contribution in [-0.4, -0.2) is 33.7 Å². The van der Waals surface area contributed by atoms with Gasteiger partial charge in [0.2, 0.25) is 0 Å². The maximum Gasteiger partial charge on any atom is 0.318 e. The molecule has 2 amide bonds. The lowest BCUT2D eigenvalue weighted by atomic mass is 9.68. The molecule has 124 valence electrons. The average Bonchev–Trinajstić information content (AvgIpc) is 3.31. The van der Waals surface area contributed by atoms with Gasteiger partial charge in [-0.3, -0.25) is 0 Å². The highest BCUT2D eigenvalue weighted by Gasteiger charge is 2.44. The molecule has 2 saturated heterocycles. The lowest BCUT2D eigenvalue weighted by Crippen LogP contribution is -2.47. The second-order valence-corrected chi connectivity index (χ2v) is 9.14. The van der Waals surface area contributed by atoms with Gasteiger partial charge < -0.3 is 10.2 Å². The van der Waals surface area contributed by atoms with Crippen molar-refractivity contribution in [1.82, 2.24) is 20.4 Å². The van der Waals surface area contributed by atoms with E-state index in [1.807, 2.05) is 0 Å². The molecule has 2 aliphatic heterocycles. The van der Waals surface area contributed by atoms with E-state index in [0.717, 1.165) is 34.3 Å². The molecular weight excluding hydrogens is 308 g/mol. The first-order chi connectivity index (χ1) is 11.2. The zero-order valence-electron chi connectivity index (χ0n) is 13.4. The molecule has 2 atom stereocenters. The van der Waals surface area contributed by atoms with Crippen molar-refractivity contribution in [1.29, 1.82) is 0 Å². The third-order valence-corrected chi connectivity index (χ3v) is 7.25. The summed E-state index contributed by atoms with van der Waals surface area (Å²) in [5.74, 6) is 3.13. The highest BCUT2D eigenvalue weighted by atomic mass is 32.1. The molecule has 2 unspecified atom stereocenters. The first-order valence-electron chi connectivity index (χ1n) is 9.11. The van der Waals surface area contributed by atoms with Crippen LogP contribution in [0.25, 0.3) is 0 Å². The van der Waals surface area contributed by atoms with Crippen LogP contribution >= 0.6 is 11.3 Å². The molecule has 5 nitrogen and oxygen atoms in total. The van der Waals surface area contributed by atoms with E-state index in [-0.39, 0.29) is 6.03 Å². The van der Waals surface area contributed by atoms with Crippen LogP contribution in [0.2, 0.25) is 0 Å². The Kier molecular flexibility index (Phi) is 3.35. The van der Waals surface area contributed by atoms with Crippen LogP contribution in [0.1, 0.15) is 60.9 Å². The van der Waals surface area contributed by atoms with E-state index in [9.17, 15) is 4.79 Å². The summed E-state index contributed by atoms with van der Waals surface area (Å²) in [4.78, 5) is 14.9. The van der Waals surface area contributed by atoms with Crippen LogP contribution in [0, 0.1) is 17.8 Å². The van der Waals surface area contributed by atoms with Crippen LogP contribution in [0.15, 0.2) is 0 Å². The molecular formula is C17H24N4OS. The van der Waals surface area contributed by atoms with Crippen molar-refractivity contribution in [3.8, 4) is 0 Å². The molecule has 3 aliphatic carbocycles. The number of rotatable bonds is 3. The number of nitrogens with zero attached hydrogens (tertiary/aromatic N) is 3. The largest absolute Gasteiger partial charge is 0.331 e. The average molecular weight is 332 g/mol. The fourth-order valence-corrected chi connectivity index (χ4v) is 6.07. The Hall–Kier alpha value is -1.17. The van der Waals surface area contributed by atoms with Crippen molar-refractivity contribution >= 4 is 17.4 Å². The molecule has 1 aromatic rings. The molecule has 4 bridgehead atoms. The number of aromatic nitrogens is 2. The number of carbonyl (C=O) groups is 1. The van der Waals surface area contributed by atoms with E-state index >= 15 is 0 Å². The summed E-state index contributed by atoms with van der Waals surface area (Å²) >= 11 is 1.67. The summed E-state index contributed by atoms with van der Waals surface area (Å²) in [6.45, 7) is 1.50. The van der Waals surface area contributed by atoms with Gasteiger partial charge in [-0.15, -0.1) is 10.2 Å². The van der Waals surface area contributed by atoms with Crippen molar-refractivity contribution < 1.29 is 4.79 Å². The minimum atomic E-state index is 0.117. The van der Waals surface area contributed by atoms with Crippen molar-refractivity contribution in [2.24, 2.45) is 17.8 Å². The van der Waals surface area contributed by atoms with Crippen molar-refractivity contribution in [2.45, 2.75) is 63.5 Å². The maximum atomic E-state index is 12.7. The van der Waals surface area contributed by atoms with E-state index in [1.54, 1.807) is 11.3 Å². The van der Waals surface area contributed by atoms with Gasteiger partial charge >= 0.3 is 6.03 Å². The summed E-state index contributed by atoms with van der Waals surface area (Å²) in [5.41, 5.74) is 0. The second kappa shape index (κ2) is 5.43. The van der Waals surface area contributed by atoms with E-state index < -0.39 is 0 Å². The molecule has 5 fully saturated rings. The molecule has 3 heterocycles. The highest BCUT2D eigenvalue weighted by molar-refractivity contribution is 7.11. The SMILES string of the molecule is O=C(NCc1nnc(C2CC2)s1)N1CC2CC3CC(C2)CC1C3. The molecule has 0 spiro atoms. The first kappa shape index (κ1) is 14.2. The summed E-state index contributed by atoms with van der Waals surface area (Å²) < 4.78 is 0. The highest BCUT2D eigenvalue weighted by Crippen LogP contribution is 2.47. The molecule has 0 aromatic carbocycles. The third kappa shape index (κ3) is 2.75. The standard InChI is InChI=1S/C17H24N4OS/c22-17(18-8-15-19-20-16(23-15)13-1-2-13)21-9-12-4-10-3-11(5-12)7-14(21)6-10/h10-14H,1-9H2,(H,18,22). The van der Waals surface area contributed by atoms with E-state index in [0.29, 0.717) is 18.5 Å². The Bertz CT molecular complexity index is 599. The molecule has 3 saturated carbocycles. The van der Waals surface area contributed by atoms with Crippen LogP contribution < -0.4 is 5.32 Å². The van der Waals surface area contributed by atoms with Gasteiger partial charge in [0.15, 0.2) is 0 Å². The number of hydrogen-bond acceptors (Lipinski definition) is 4. The second-order valence-electron chi connectivity index (χ2n) is 8.05. The lowest BCUT2D eigenvalue weighted by Gasteiger charge is -2.38. The van der Waals surface area contributed by atoms with Gasteiger partial charge in [-0.1, -0.05) is 11.3 Å². The maximum absolute atomic E-state index is 12.7. The predicted molar refractivity (Wildman–Crippen MR) is 88.2 cm³/mol. The van der Waals surface area contributed by atoms with E-state index in [2.05, 4.69) is 20.4 Å². The number of hydrogen-bond donors (Lipinski definition) is 1. The van der Waals surface area contributed by atoms with Crippen LogP contribution in [0.3, 0.4) is 0 Å². The third-order valence-electron chi connectivity index (χ3n) is 6.17. The molecule has 6 rings (SSSR count). The van der Waals surface area contributed by atoms with Gasteiger partial charge in [-0.05, 0) is 62.7 Å². The molecule has 6 heteroatoms.